The number of anilines is 1. The molecule has 4 aromatic rings. The average molecular weight is 495 g/mol. The number of aryl methyl sites for hydroxylation is 1. The molecule has 0 bridgehead atoms. The molecule has 2 aliphatic rings. The maximum Gasteiger partial charge on any atom is 0.408 e. The van der Waals surface area contributed by atoms with Crippen molar-refractivity contribution in [2.75, 3.05) is 31.1 Å². The van der Waals surface area contributed by atoms with E-state index in [4.69, 9.17) is 0 Å². The Labute approximate surface area is 205 Å². The van der Waals surface area contributed by atoms with Crippen LogP contribution in [0.25, 0.3) is 21.9 Å². The van der Waals surface area contributed by atoms with Crippen LogP contribution >= 0.6 is 0 Å². The van der Waals surface area contributed by atoms with E-state index in [1.165, 1.54) is 23.7 Å². The first-order valence-electron chi connectivity index (χ1n) is 12.0. The van der Waals surface area contributed by atoms with Crippen molar-refractivity contribution in [3.63, 3.8) is 0 Å². The molecule has 0 aliphatic carbocycles. The Balaban J connectivity index is 1.18. The van der Waals surface area contributed by atoms with Crippen LogP contribution in [0.3, 0.4) is 0 Å². The Hall–Kier alpha value is -3.65. The first kappa shape index (κ1) is 22.8. The van der Waals surface area contributed by atoms with Gasteiger partial charge in [0.25, 0.3) is 0 Å². The van der Waals surface area contributed by atoms with Gasteiger partial charge < -0.3 is 9.88 Å². The van der Waals surface area contributed by atoms with Gasteiger partial charge in [-0.2, -0.15) is 23.5 Å². The zero-order chi connectivity index (χ0) is 25.1. The van der Waals surface area contributed by atoms with Crippen LogP contribution in [0.1, 0.15) is 29.7 Å². The number of likely N-dealkylation sites (tertiary alicyclic amines) is 1. The molecule has 11 heteroatoms. The summed E-state index contributed by atoms with van der Waals surface area (Å²) >= 11 is 0. The van der Waals surface area contributed by atoms with E-state index < -0.39 is 12.7 Å². The summed E-state index contributed by atoms with van der Waals surface area (Å²) in [6, 6.07) is 8.26. The first-order chi connectivity index (χ1) is 17.2. The van der Waals surface area contributed by atoms with Gasteiger partial charge in [-0.25, -0.2) is 9.97 Å². The van der Waals surface area contributed by atoms with E-state index in [-0.39, 0.29) is 11.1 Å². The van der Waals surface area contributed by atoms with Crippen molar-refractivity contribution in [3.05, 3.63) is 47.5 Å². The third kappa shape index (κ3) is 4.05. The molecule has 5 heterocycles. The van der Waals surface area contributed by atoms with E-state index in [0.717, 1.165) is 61.2 Å². The highest BCUT2D eigenvalue weighted by Gasteiger charge is 2.44. The number of aromatic nitrogens is 5. The second kappa shape index (κ2) is 8.20. The average Bonchev–Trinajstić information content (AvgIpc) is 3.60. The van der Waals surface area contributed by atoms with Crippen molar-refractivity contribution in [3.8, 4) is 6.07 Å². The van der Waals surface area contributed by atoms with Crippen molar-refractivity contribution in [1.29, 1.82) is 5.26 Å². The molecule has 2 saturated heterocycles. The quantitative estimate of drug-likeness (QED) is 0.459. The largest absolute Gasteiger partial charge is 0.408 e. The van der Waals surface area contributed by atoms with Gasteiger partial charge in [0.15, 0.2) is 5.65 Å². The minimum atomic E-state index is -4.34. The standard InChI is InChI=1S/C25H25F3N8/c1-16-17(2-3-21-19(16)8-18(9-29)32-21)10-34-6-4-24(12-34)5-7-35(13-24)23-20-11-36(14-25(26,27)28)33-22(20)30-15-31-23/h2-3,8,11,15,32H,4-7,10,12-14H2,1H3/t24-/m0/s1. The number of alkyl halides is 3. The van der Waals surface area contributed by atoms with Crippen LogP contribution in [0.5, 0.6) is 0 Å². The Morgan fingerprint density at radius 2 is 1.97 bits per heavy atom. The number of nitrogens with one attached hydrogen (secondary N) is 1. The van der Waals surface area contributed by atoms with Gasteiger partial charge in [-0.15, -0.1) is 0 Å². The van der Waals surface area contributed by atoms with Crippen LogP contribution in [0.4, 0.5) is 19.0 Å². The van der Waals surface area contributed by atoms with Crippen LogP contribution in [0, 0.1) is 23.7 Å². The molecular formula is C25H25F3N8. The SMILES string of the molecule is Cc1c(CN2CC[C@]3(CCN(c4ncnc5nn(CC(F)(F)F)cc45)C3)C2)ccc2[nH]c(C#N)cc12. The molecule has 36 heavy (non-hydrogen) atoms. The summed E-state index contributed by atoms with van der Waals surface area (Å²) in [5.41, 5.74) is 4.41. The molecule has 2 fully saturated rings. The van der Waals surface area contributed by atoms with Gasteiger partial charge in [-0.05, 0) is 49.6 Å². The number of H-pyrrole nitrogens is 1. The Kier molecular flexibility index (Phi) is 5.19. The van der Waals surface area contributed by atoms with Crippen LogP contribution in [-0.4, -0.2) is 62.0 Å². The minimum absolute atomic E-state index is 0.124. The fraction of sp³-hybridized carbons (Fsp3) is 0.440. The lowest BCUT2D eigenvalue weighted by Crippen LogP contribution is -2.31. The van der Waals surface area contributed by atoms with Gasteiger partial charge in [0, 0.05) is 48.7 Å². The minimum Gasteiger partial charge on any atom is -0.355 e. The number of nitrogens with zero attached hydrogens (tertiary/aromatic N) is 7. The third-order valence-corrected chi connectivity index (χ3v) is 7.64. The first-order valence-corrected chi connectivity index (χ1v) is 12.0. The zero-order valence-corrected chi connectivity index (χ0v) is 19.8. The zero-order valence-electron chi connectivity index (χ0n) is 19.8. The third-order valence-electron chi connectivity index (χ3n) is 7.64. The van der Waals surface area contributed by atoms with Crippen LogP contribution in [0.2, 0.25) is 0 Å². The molecule has 1 spiro atoms. The van der Waals surface area contributed by atoms with Crippen molar-refractivity contribution < 1.29 is 13.2 Å². The molecule has 8 nitrogen and oxygen atoms in total. The van der Waals surface area contributed by atoms with E-state index in [1.54, 1.807) is 0 Å². The number of rotatable bonds is 4. The molecule has 2 aliphatic heterocycles. The summed E-state index contributed by atoms with van der Waals surface area (Å²) in [5.74, 6) is 0.658. The molecule has 0 unspecified atom stereocenters. The topological polar surface area (TPSA) is 89.7 Å². The van der Waals surface area contributed by atoms with E-state index in [2.05, 4.69) is 48.9 Å². The van der Waals surface area contributed by atoms with E-state index in [0.29, 0.717) is 16.9 Å². The monoisotopic (exact) mass is 494 g/mol. The highest BCUT2D eigenvalue weighted by molar-refractivity contribution is 5.87. The lowest BCUT2D eigenvalue weighted by Gasteiger charge is -2.25. The Morgan fingerprint density at radius 1 is 1.14 bits per heavy atom. The van der Waals surface area contributed by atoms with Gasteiger partial charge >= 0.3 is 6.18 Å². The van der Waals surface area contributed by atoms with Gasteiger partial charge in [-0.3, -0.25) is 9.58 Å². The number of halogens is 3. The molecular weight excluding hydrogens is 469 g/mol. The van der Waals surface area contributed by atoms with Gasteiger partial charge in [0.2, 0.25) is 0 Å². The summed E-state index contributed by atoms with van der Waals surface area (Å²) in [6.07, 6.45) is 0.513. The smallest absolute Gasteiger partial charge is 0.355 e. The molecule has 3 aromatic heterocycles. The van der Waals surface area contributed by atoms with Crippen molar-refractivity contribution >= 4 is 27.8 Å². The van der Waals surface area contributed by atoms with Crippen molar-refractivity contribution in [2.24, 2.45) is 5.41 Å². The molecule has 1 aromatic carbocycles. The van der Waals surface area contributed by atoms with Crippen molar-refractivity contribution in [2.45, 2.75) is 39.0 Å². The van der Waals surface area contributed by atoms with E-state index in [9.17, 15) is 18.4 Å². The second-order valence-corrected chi connectivity index (χ2v) is 10.1. The molecule has 1 N–H and O–H groups in total. The lowest BCUT2D eigenvalue weighted by atomic mass is 9.86. The van der Waals surface area contributed by atoms with E-state index >= 15 is 0 Å². The van der Waals surface area contributed by atoms with Gasteiger partial charge in [0.05, 0.1) is 5.39 Å². The molecule has 0 saturated carbocycles. The van der Waals surface area contributed by atoms with Crippen LogP contribution < -0.4 is 4.90 Å². The second-order valence-electron chi connectivity index (χ2n) is 10.1. The Bertz CT molecular complexity index is 1500. The maximum absolute atomic E-state index is 12.9. The summed E-state index contributed by atoms with van der Waals surface area (Å²) < 4.78 is 39.5. The fourth-order valence-electron chi connectivity index (χ4n) is 5.87. The normalized spacial score (nSPS) is 20.8. The molecule has 186 valence electrons. The van der Waals surface area contributed by atoms with E-state index in [1.807, 2.05) is 12.1 Å². The van der Waals surface area contributed by atoms with Crippen LogP contribution in [0.15, 0.2) is 30.7 Å². The summed E-state index contributed by atoms with van der Waals surface area (Å²) in [6.45, 7) is 5.36. The summed E-state index contributed by atoms with van der Waals surface area (Å²) in [4.78, 5) is 16.3. The fourth-order valence-corrected chi connectivity index (χ4v) is 5.87. The lowest BCUT2D eigenvalue weighted by molar-refractivity contribution is -0.142. The predicted octanol–water partition coefficient (Wildman–Crippen LogP) is 4.15. The molecule has 1 atom stereocenters. The molecule has 0 radical (unpaired) electrons. The summed E-state index contributed by atoms with van der Waals surface area (Å²) in [5, 5.41) is 14.9. The number of benzene rings is 1. The number of aromatic amines is 1. The number of fused-ring (bicyclic) bond motifs is 2. The maximum atomic E-state index is 12.9. The summed E-state index contributed by atoms with van der Waals surface area (Å²) in [7, 11) is 0. The highest BCUT2D eigenvalue weighted by Crippen LogP contribution is 2.42. The van der Waals surface area contributed by atoms with Gasteiger partial charge in [-0.1, -0.05) is 6.07 Å². The number of hydrogen-bond donors (Lipinski definition) is 1. The van der Waals surface area contributed by atoms with Crippen molar-refractivity contribution in [1.82, 2.24) is 29.6 Å². The number of hydrogen-bond acceptors (Lipinski definition) is 6. The Morgan fingerprint density at radius 3 is 2.78 bits per heavy atom. The number of nitriles is 1. The predicted molar refractivity (Wildman–Crippen MR) is 128 cm³/mol. The van der Waals surface area contributed by atoms with Gasteiger partial charge in [0.1, 0.15) is 30.5 Å². The van der Waals surface area contributed by atoms with Crippen LogP contribution in [-0.2, 0) is 13.1 Å². The molecule has 6 rings (SSSR count). The highest BCUT2D eigenvalue weighted by atomic mass is 19.4. The molecule has 0 amide bonds.